The van der Waals surface area contributed by atoms with Crippen molar-refractivity contribution >= 4 is 22.5 Å². The summed E-state index contributed by atoms with van der Waals surface area (Å²) >= 11 is 0. The predicted molar refractivity (Wildman–Crippen MR) is 104 cm³/mol. The topological polar surface area (TPSA) is 54.9 Å². The number of aromatic nitrogens is 2. The van der Waals surface area contributed by atoms with Gasteiger partial charge in [0.1, 0.15) is 17.3 Å². The van der Waals surface area contributed by atoms with Gasteiger partial charge in [-0.15, -0.1) is 0 Å². The van der Waals surface area contributed by atoms with E-state index >= 15 is 0 Å². The summed E-state index contributed by atoms with van der Waals surface area (Å²) in [5.74, 6) is -1.96. The third-order valence-corrected chi connectivity index (χ3v) is 4.50. The first-order valence-corrected chi connectivity index (χ1v) is 8.90. The van der Waals surface area contributed by atoms with Crippen molar-refractivity contribution in [3.8, 4) is 11.1 Å². The second-order valence-electron chi connectivity index (χ2n) is 6.64. The van der Waals surface area contributed by atoms with Gasteiger partial charge in [0.25, 0.3) is 5.91 Å². The summed E-state index contributed by atoms with van der Waals surface area (Å²) in [5.41, 5.74) is 0.345. The molecule has 156 valence electrons. The Hall–Kier alpha value is -3.88. The van der Waals surface area contributed by atoms with E-state index in [2.05, 4.69) is 15.3 Å². The summed E-state index contributed by atoms with van der Waals surface area (Å²) in [6.07, 6.45) is -2.24. The molecule has 2 aromatic carbocycles. The highest BCUT2D eigenvalue weighted by molar-refractivity contribution is 6.06. The molecule has 31 heavy (non-hydrogen) atoms. The van der Waals surface area contributed by atoms with Crippen molar-refractivity contribution < 1.29 is 26.7 Å². The van der Waals surface area contributed by atoms with Gasteiger partial charge >= 0.3 is 6.18 Å². The maximum Gasteiger partial charge on any atom is 0.433 e. The second kappa shape index (κ2) is 7.75. The molecule has 4 rings (SSSR count). The first-order chi connectivity index (χ1) is 14.7. The second-order valence-corrected chi connectivity index (χ2v) is 6.64. The lowest BCUT2D eigenvalue weighted by Crippen LogP contribution is -2.13. The molecule has 0 aliphatic heterocycles. The number of carbonyl (C=O) groups excluding carboxylic acids is 1. The molecule has 0 radical (unpaired) electrons. The number of rotatable bonds is 3. The summed E-state index contributed by atoms with van der Waals surface area (Å²) in [7, 11) is 0. The fourth-order valence-electron chi connectivity index (χ4n) is 2.97. The van der Waals surface area contributed by atoms with Gasteiger partial charge in [-0.25, -0.2) is 13.8 Å². The molecule has 0 atom stereocenters. The van der Waals surface area contributed by atoms with Crippen molar-refractivity contribution in [3.05, 3.63) is 89.9 Å². The zero-order valence-electron chi connectivity index (χ0n) is 15.5. The normalized spacial score (nSPS) is 11.5. The zero-order chi connectivity index (χ0) is 22.2. The van der Waals surface area contributed by atoms with Gasteiger partial charge in [0.2, 0.25) is 0 Å². The molecule has 4 aromatic rings. The number of carbonyl (C=O) groups is 1. The summed E-state index contributed by atoms with van der Waals surface area (Å²) in [5, 5.41) is 3.09. The molecular weight excluding hydrogens is 417 g/mol. The fraction of sp³-hybridized carbons (Fsp3) is 0.0455. The molecule has 2 aromatic heterocycles. The maximum atomic E-state index is 14.0. The molecule has 0 fully saturated rings. The lowest BCUT2D eigenvalue weighted by molar-refractivity contribution is -0.141. The van der Waals surface area contributed by atoms with Crippen molar-refractivity contribution in [2.24, 2.45) is 0 Å². The quantitative estimate of drug-likeness (QED) is 0.416. The molecule has 0 saturated heterocycles. The van der Waals surface area contributed by atoms with Gasteiger partial charge in [-0.3, -0.25) is 9.78 Å². The Morgan fingerprint density at radius 3 is 2.35 bits per heavy atom. The number of nitrogens with zero attached hydrogens (tertiary/aromatic N) is 2. The van der Waals surface area contributed by atoms with Crippen molar-refractivity contribution in [2.75, 3.05) is 5.32 Å². The van der Waals surface area contributed by atoms with Gasteiger partial charge in [0, 0.05) is 34.3 Å². The lowest BCUT2D eigenvalue weighted by Gasteiger charge is -2.09. The predicted octanol–water partition coefficient (Wildman–Crippen LogP) is 5.85. The molecular formula is C22H12F5N3O. The molecule has 0 unspecified atom stereocenters. The van der Waals surface area contributed by atoms with Gasteiger partial charge in [-0.05, 0) is 42.5 Å². The molecule has 0 spiro atoms. The molecule has 9 heteroatoms. The van der Waals surface area contributed by atoms with Crippen LogP contribution in [0.5, 0.6) is 0 Å². The Balaban J connectivity index is 1.57. The average molecular weight is 429 g/mol. The number of benzene rings is 2. The third-order valence-electron chi connectivity index (χ3n) is 4.50. The van der Waals surface area contributed by atoms with E-state index in [0.29, 0.717) is 16.5 Å². The van der Waals surface area contributed by atoms with E-state index in [9.17, 15) is 26.7 Å². The Kier molecular flexibility index (Phi) is 5.10. The minimum absolute atomic E-state index is 0.105. The van der Waals surface area contributed by atoms with Crippen LogP contribution in [0, 0.1) is 11.6 Å². The van der Waals surface area contributed by atoms with Gasteiger partial charge in [0.05, 0.1) is 17.4 Å². The molecule has 0 saturated carbocycles. The standard InChI is InChI=1S/C22H12F5N3O/c23-15-3-5-17(18(24)9-15)14-7-12-1-2-13(8-19(12)28-10-14)21(31)30-16-4-6-20(29-11-16)22(25,26)27/h1-11H,(H,30,31). The van der Waals surface area contributed by atoms with E-state index in [1.165, 1.54) is 24.4 Å². The van der Waals surface area contributed by atoms with Gasteiger partial charge < -0.3 is 5.32 Å². The van der Waals surface area contributed by atoms with Crippen molar-refractivity contribution in [3.63, 3.8) is 0 Å². The number of pyridine rings is 2. The van der Waals surface area contributed by atoms with Crippen molar-refractivity contribution in [1.82, 2.24) is 9.97 Å². The van der Waals surface area contributed by atoms with E-state index in [1.807, 2.05) is 0 Å². The zero-order valence-corrected chi connectivity index (χ0v) is 15.5. The lowest BCUT2D eigenvalue weighted by atomic mass is 10.0. The highest BCUT2D eigenvalue weighted by atomic mass is 19.4. The smallest absolute Gasteiger partial charge is 0.321 e. The Morgan fingerprint density at radius 2 is 1.68 bits per heavy atom. The number of alkyl halides is 3. The van der Waals surface area contributed by atoms with E-state index in [0.717, 1.165) is 30.5 Å². The van der Waals surface area contributed by atoms with Crippen LogP contribution < -0.4 is 5.32 Å². The summed E-state index contributed by atoms with van der Waals surface area (Å²) in [6.45, 7) is 0. The Bertz CT molecular complexity index is 1290. The first kappa shape index (κ1) is 20.4. The molecule has 0 aliphatic carbocycles. The van der Waals surface area contributed by atoms with E-state index in [4.69, 9.17) is 0 Å². The minimum atomic E-state index is -4.57. The van der Waals surface area contributed by atoms with Gasteiger partial charge in [-0.2, -0.15) is 13.2 Å². The Labute approximate surface area is 172 Å². The fourth-order valence-corrected chi connectivity index (χ4v) is 2.97. The number of nitrogens with one attached hydrogen (secondary N) is 1. The molecule has 0 aliphatic rings. The van der Waals surface area contributed by atoms with Crippen LogP contribution >= 0.6 is 0 Å². The SMILES string of the molecule is O=C(Nc1ccc(C(F)(F)F)nc1)c1ccc2cc(-c3ccc(F)cc3F)cnc2c1. The molecule has 0 bridgehead atoms. The highest BCUT2D eigenvalue weighted by Crippen LogP contribution is 2.28. The monoisotopic (exact) mass is 429 g/mol. The Morgan fingerprint density at radius 1 is 0.871 bits per heavy atom. The van der Waals surface area contributed by atoms with Crippen molar-refractivity contribution in [2.45, 2.75) is 6.18 Å². The number of anilines is 1. The average Bonchev–Trinajstić information content (AvgIpc) is 2.73. The molecule has 1 amide bonds. The number of hydrogen-bond acceptors (Lipinski definition) is 3. The van der Waals surface area contributed by atoms with Crippen LogP contribution in [0.1, 0.15) is 16.1 Å². The maximum absolute atomic E-state index is 14.0. The van der Waals surface area contributed by atoms with Gasteiger partial charge in [0.15, 0.2) is 0 Å². The molecule has 2 heterocycles. The summed E-state index contributed by atoms with van der Waals surface area (Å²) in [6, 6.07) is 11.4. The van der Waals surface area contributed by atoms with Crippen LogP contribution in [0.15, 0.2) is 67.0 Å². The van der Waals surface area contributed by atoms with E-state index in [1.54, 1.807) is 12.1 Å². The van der Waals surface area contributed by atoms with Crippen LogP contribution in [-0.2, 0) is 6.18 Å². The van der Waals surface area contributed by atoms with Crippen LogP contribution in [0.4, 0.5) is 27.6 Å². The molecule has 1 N–H and O–H groups in total. The number of amides is 1. The van der Waals surface area contributed by atoms with Crippen LogP contribution in [0.25, 0.3) is 22.0 Å². The van der Waals surface area contributed by atoms with Crippen LogP contribution in [0.3, 0.4) is 0 Å². The minimum Gasteiger partial charge on any atom is -0.321 e. The number of hydrogen-bond donors (Lipinski definition) is 1. The largest absolute Gasteiger partial charge is 0.433 e. The number of fused-ring (bicyclic) bond motifs is 1. The van der Waals surface area contributed by atoms with Crippen LogP contribution in [0.2, 0.25) is 0 Å². The first-order valence-electron chi connectivity index (χ1n) is 8.90. The van der Waals surface area contributed by atoms with Gasteiger partial charge in [-0.1, -0.05) is 6.07 Å². The van der Waals surface area contributed by atoms with Crippen LogP contribution in [-0.4, -0.2) is 15.9 Å². The van der Waals surface area contributed by atoms with Crippen molar-refractivity contribution in [1.29, 1.82) is 0 Å². The number of halogens is 5. The highest BCUT2D eigenvalue weighted by Gasteiger charge is 2.32. The summed E-state index contributed by atoms with van der Waals surface area (Å²) in [4.78, 5) is 20.0. The summed E-state index contributed by atoms with van der Waals surface area (Å²) < 4.78 is 64.9. The van der Waals surface area contributed by atoms with E-state index < -0.39 is 29.4 Å². The third kappa shape index (κ3) is 4.35. The molecule has 4 nitrogen and oxygen atoms in total. The van der Waals surface area contributed by atoms with E-state index in [-0.39, 0.29) is 16.8 Å².